The number of hydrazine groups is 1. The summed E-state index contributed by atoms with van der Waals surface area (Å²) in [5, 5.41) is 0. The lowest BCUT2D eigenvalue weighted by atomic mass is 10.2. The number of aliphatic imine (C=N–C) groups is 1. The summed E-state index contributed by atoms with van der Waals surface area (Å²) in [6, 6.07) is 1.45. The summed E-state index contributed by atoms with van der Waals surface area (Å²) in [5.74, 6) is 1.34. The van der Waals surface area contributed by atoms with Gasteiger partial charge < -0.3 is 0 Å². The van der Waals surface area contributed by atoms with Crippen LogP contribution in [0.3, 0.4) is 0 Å². The molecule has 1 aromatic heterocycles. The monoisotopic (exact) mass is 271 g/mol. The van der Waals surface area contributed by atoms with Crippen molar-refractivity contribution >= 4 is 24.2 Å². The van der Waals surface area contributed by atoms with Crippen molar-refractivity contribution < 1.29 is 0 Å². The van der Waals surface area contributed by atoms with E-state index in [2.05, 4.69) is 25.8 Å². The summed E-state index contributed by atoms with van der Waals surface area (Å²) in [5.41, 5.74) is 6.39. The van der Waals surface area contributed by atoms with Crippen molar-refractivity contribution in [2.24, 2.45) is 4.99 Å². The van der Waals surface area contributed by atoms with Gasteiger partial charge in [-0.25, -0.2) is 4.98 Å². The molecular weight excluding hydrogens is 254 g/mol. The molecule has 2 heterocycles. The molecule has 18 heavy (non-hydrogen) atoms. The van der Waals surface area contributed by atoms with E-state index in [0.29, 0.717) is 11.6 Å². The Hall–Kier alpha value is -1.56. The third-order valence-electron chi connectivity index (χ3n) is 2.57. The second-order valence-electron chi connectivity index (χ2n) is 4.12. The number of hydrogen-bond acceptors (Lipinski definition) is 5. The van der Waals surface area contributed by atoms with Crippen molar-refractivity contribution in [2.75, 3.05) is 12.0 Å². The number of rotatable bonds is 2. The first kappa shape index (κ1) is 14.5. The number of H-pyrrole nitrogens is 1. The van der Waals surface area contributed by atoms with Crippen molar-refractivity contribution in [1.29, 1.82) is 0 Å². The SMILES string of the molecule is Cc1cc(=O)[nH]c(NNC2=NCCCCC2)n1.Cl. The van der Waals surface area contributed by atoms with Crippen LogP contribution >= 0.6 is 12.4 Å². The third-order valence-corrected chi connectivity index (χ3v) is 2.57. The topological polar surface area (TPSA) is 82.2 Å². The lowest BCUT2D eigenvalue weighted by Gasteiger charge is -2.10. The third kappa shape index (κ3) is 4.37. The van der Waals surface area contributed by atoms with Crippen molar-refractivity contribution in [1.82, 2.24) is 15.4 Å². The van der Waals surface area contributed by atoms with Gasteiger partial charge in [0.05, 0.1) is 0 Å². The molecule has 1 aliphatic rings. The predicted octanol–water partition coefficient (Wildman–Crippen LogP) is 1.39. The van der Waals surface area contributed by atoms with E-state index in [4.69, 9.17) is 0 Å². The van der Waals surface area contributed by atoms with Crippen LogP contribution in [0, 0.1) is 6.92 Å². The zero-order chi connectivity index (χ0) is 12.1. The highest BCUT2D eigenvalue weighted by molar-refractivity contribution is 5.85. The summed E-state index contributed by atoms with van der Waals surface area (Å²) in [6.45, 7) is 2.64. The molecule has 2 rings (SSSR count). The summed E-state index contributed by atoms with van der Waals surface area (Å²) >= 11 is 0. The van der Waals surface area contributed by atoms with Crippen LogP contribution in [0.25, 0.3) is 0 Å². The minimum absolute atomic E-state index is 0. The van der Waals surface area contributed by atoms with E-state index >= 15 is 0 Å². The number of nitrogens with zero attached hydrogens (tertiary/aromatic N) is 2. The van der Waals surface area contributed by atoms with Crippen molar-refractivity contribution in [2.45, 2.75) is 32.6 Å². The van der Waals surface area contributed by atoms with Crippen LogP contribution in [0.4, 0.5) is 5.95 Å². The fourth-order valence-corrected chi connectivity index (χ4v) is 1.75. The van der Waals surface area contributed by atoms with E-state index in [1.54, 1.807) is 6.92 Å². The van der Waals surface area contributed by atoms with Gasteiger partial charge in [0.25, 0.3) is 5.56 Å². The fraction of sp³-hybridized carbons (Fsp3) is 0.545. The van der Waals surface area contributed by atoms with Crippen LogP contribution < -0.4 is 16.4 Å². The van der Waals surface area contributed by atoms with Crippen LogP contribution in [0.5, 0.6) is 0 Å². The number of halogens is 1. The Kier molecular flexibility index (Phi) is 5.64. The number of aromatic amines is 1. The van der Waals surface area contributed by atoms with E-state index in [0.717, 1.165) is 31.6 Å². The second-order valence-corrected chi connectivity index (χ2v) is 4.12. The molecule has 0 saturated heterocycles. The molecule has 0 spiro atoms. The summed E-state index contributed by atoms with van der Waals surface area (Å²) in [7, 11) is 0. The van der Waals surface area contributed by atoms with Gasteiger partial charge in [0, 0.05) is 24.7 Å². The molecule has 1 aromatic rings. The van der Waals surface area contributed by atoms with E-state index in [1.165, 1.54) is 12.5 Å². The molecular formula is C11H18ClN5O. The second kappa shape index (κ2) is 7.00. The zero-order valence-electron chi connectivity index (χ0n) is 10.3. The van der Waals surface area contributed by atoms with Crippen LogP contribution in [-0.4, -0.2) is 22.3 Å². The molecule has 7 heteroatoms. The zero-order valence-corrected chi connectivity index (χ0v) is 11.1. The number of aromatic nitrogens is 2. The smallest absolute Gasteiger partial charge is 0.252 e. The van der Waals surface area contributed by atoms with Gasteiger partial charge in [-0.2, -0.15) is 0 Å². The van der Waals surface area contributed by atoms with E-state index in [1.807, 2.05) is 0 Å². The van der Waals surface area contributed by atoms with Gasteiger partial charge in [-0.15, -0.1) is 12.4 Å². The number of nitrogens with one attached hydrogen (secondary N) is 3. The number of hydrogen-bond donors (Lipinski definition) is 3. The molecule has 0 aliphatic carbocycles. The minimum atomic E-state index is -0.162. The molecule has 0 atom stereocenters. The van der Waals surface area contributed by atoms with Gasteiger partial charge in [-0.3, -0.25) is 25.6 Å². The highest BCUT2D eigenvalue weighted by atomic mass is 35.5. The van der Waals surface area contributed by atoms with Gasteiger partial charge in [0.15, 0.2) is 0 Å². The quantitative estimate of drug-likeness (QED) is 0.710. The molecule has 3 N–H and O–H groups in total. The van der Waals surface area contributed by atoms with Gasteiger partial charge in [-0.1, -0.05) is 6.42 Å². The Balaban J connectivity index is 0.00000162. The molecule has 0 unspecified atom stereocenters. The van der Waals surface area contributed by atoms with Gasteiger partial charge in [-0.05, 0) is 19.8 Å². The lowest BCUT2D eigenvalue weighted by molar-refractivity contribution is 0.729. The van der Waals surface area contributed by atoms with Crippen LogP contribution in [-0.2, 0) is 0 Å². The molecule has 6 nitrogen and oxygen atoms in total. The molecule has 0 aromatic carbocycles. The average molecular weight is 272 g/mol. The van der Waals surface area contributed by atoms with Crippen LogP contribution in [0.1, 0.15) is 31.4 Å². The lowest BCUT2D eigenvalue weighted by Crippen LogP contribution is -2.31. The average Bonchev–Trinajstić information content (AvgIpc) is 2.53. The Bertz CT molecular complexity index is 471. The maximum Gasteiger partial charge on any atom is 0.252 e. The molecule has 1 aliphatic heterocycles. The highest BCUT2D eigenvalue weighted by Crippen LogP contribution is 2.06. The summed E-state index contributed by atoms with van der Waals surface area (Å²) < 4.78 is 0. The molecule has 0 radical (unpaired) electrons. The number of anilines is 1. The largest absolute Gasteiger partial charge is 0.291 e. The van der Waals surface area contributed by atoms with E-state index in [9.17, 15) is 4.79 Å². The summed E-state index contributed by atoms with van der Waals surface area (Å²) in [4.78, 5) is 22.4. The number of amidine groups is 1. The molecule has 0 amide bonds. The maximum absolute atomic E-state index is 11.2. The summed E-state index contributed by atoms with van der Waals surface area (Å²) in [6.07, 6.45) is 4.44. The Labute approximate surface area is 112 Å². The first-order valence-corrected chi connectivity index (χ1v) is 5.87. The normalized spacial score (nSPS) is 15.1. The maximum atomic E-state index is 11.2. The first-order valence-electron chi connectivity index (χ1n) is 5.87. The van der Waals surface area contributed by atoms with Gasteiger partial charge in [0.2, 0.25) is 5.95 Å². The molecule has 0 saturated carbocycles. The molecule has 100 valence electrons. The van der Waals surface area contributed by atoms with E-state index in [-0.39, 0.29) is 18.0 Å². The minimum Gasteiger partial charge on any atom is -0.291 e. The van der Waals surface area contributed by atoms with Crippen LogP contribution in [0.2, 0.25) is 0 Å². The molecule has 0 fully saturated rings. The highest BCUT2D eigenvalue weighted by Gasteiger charge is 2.04. The first-order chi connectivity index (χ1) is 8.24. The van der Waals surface area contributed by atoms with Gasteiger partial charge in [0.1, 0.15) is 5.84 Å². The fourth-order valence-electron chi connectivity index (χ4n) is 1.75. The number of aryl methyl sites for hydroxylation is 1. The van der Waals surface area contributed by atoms with Crippen molar-refractivity contribution in [3.8, 4) is 0 Å². The van der Waals surface area contributed by atoms with Crippen molar-refractivity contribution in [3.05, 3.63) is 22.1 Å². The Morgan fingerprint density at radius 2 is 2.11 bits per heavy atom. The predicted molar refractivity (Wildman–Crippen MR) is 74.4 cm³/mol. The van der Waals surface area contributed by atoms with Crippen molar-refractivity contribution in [3.63, 3.8) is 0 Å². The standard InChI is InChI=1S/C11H17N5O.ClH/c1-8-7-10(17)14-11(13-8)16-15-9-5-3-2-4-6-12-9;/h7H,2-6H2,1H3,(H,12,15)(H2,13,14,16,17);1H. The Morgan fingerprint density at radius 3 is 2.89 bits per heavy atom. The Morgan fingerprint density at radius 1 is 1.28 bits per heavy atom. The van der Waals surface area contributed by atoms with Crippen LogP contribution in [0.15, 0.2) is 15.9 Å². The van der Waals surface area contributed by atoms with E-state index < -0.39 is 0 Å². The molecule has 0 bridgehead atoms. The van der Waals surface area contributed by atoms with Gasteiger partial charge >= 0.3 is 0 Å².